The Morgan fingerprint density at radius 1 is 1.45 bits per heavy atom. The normalized spacial score (nSPS) is 21.0. The molecule has 0 saturated carbocycles. The highest BCUT2D eigenvalue weighted by atomic mass is 32.1. The number of hydrogen-bond acceptors (Lipinski definition) is 4. The molecule has 1 aliphatic heterocycles. The molecule has 4 nitrogen and oxygen atoms in total. The maximum atomic E-state index is 12.3. The zero-order chi connectivity index (χ0) is 14.7. The van der Waals surface area contributed by atoms with Crippen LogP contribution in [-0.2, 0) is 9.59 Å². The summed E-state index contributed by atoms with van der Waals surface area (Å²) in [6.45, 7) is 5.88. The highest BCUT2D eigenvalue weighted by Gasteiger charge is 2.40. The first-order valence-electron chi connectivity index (χ1n) is 7.20. The first-order chi connectivity index (χ1) is 9.54. The number of likely N-dealkylation sites (tertiary alicyclic amines) is 1. The number of nitrogens with one attached hydrogen (secondary N) is 1. The molecule has 2 heterocycles. The Balaban J connectivity index is 2.08. The average molecular weight is 294 g/mol. The molecule has 2 amide bonds. The molecule has 1 aromatic heterocycles. The average Bonchev–Trinajstić information content (AvgIpc) is 2.98. The molecule has 20 heavy (non-hydrogen) atoms. The largest absolute Gasteiger partial charge is 0.298 e. The first kappa shape index (κ1) is 15.2. The highest BCUT2D eigenvalue weighted by molar-refractivity contribution is 7.10. The molecule has 1 aromatic rings. The van der Waals surface area contributed by atoms with Crippen LogP contribution < -0.4 is 5.32 Å². The van der Waals surface area contributed by atoms with Crippen LogP contribution >= 0.6 is 11.3 Å². The van der Waals surface area contributed by atoms with Gasteiger partial charge in [0.05, 0.1) is 12.5 Å². The number of hydrogen-bond donors (Lipinski definition) is 1. The van der Waals surface area contributed by atoms with E-state index < -0.39 is 0 Å². The van der Waals surface area contributed by atoms with Crippen molar-refractivity contribution in [2.24, 2.45) is 0 Å². The zero-order valence-corrected chi connectivity index (χ0v) is 13.1. The molecule has 0 radical (unpaired) electrons. The number of thiophene rings is 1. The van der Waals surface area contributed by atoms with Crippen molar-refractivity contribution >= 4 is 23.2 Å². The summed E-state index contributed by atoms with van der Waals surface area (Å²) in [6.07, 6.45) is 2.29. The molecule has 0 spiro atoms. The van der Waals surface area contributed by atoms with Crippen molar-refractivity contribution in [1.29, 1.82) is 0 Å². The van der Waals surface area contributed by atoms with Crippen molar-refractivity contribution in [2.75, 3.05) is 0 Å². The van der Waals surface area contributed by atoms with Gasteiger partial charge in [-0.3, -0.25) is 19.8 Å². The molecule has 2 atom stereocenters. The molecule has 2 unspecified atom stereocenters. The predicted octanol–water partition coefficient (Wildman–Crippen LogP) is 2.71. The molecule has 2 rings (SSSR count). The lowest BCUT2D eigenvalue weighted by atomic mass is 10.1. The quantitative estimate of drug-likeness (QED) is 0.821. The van der Waals surface area contributed by atoms with Gasteiger partial charge in [-0.15, -0.1) is 11.3 Å². The summed E-state index contributed by atoms with van der Waals surface area (Å²) in [5, 5.41) is 5.43. The SMILES string of the molecule is CCCC(NC1CC(=O)N(C(C)C)C1=O)c1cccs1. The van der Waals surface area contributed by atoms with E-state index in [1.807, 2.05) is 25.3 Å². The lowest BCUT2D eigenvalue weighted by molar-refractivity contribution is -0.140. The van der Waals surface area contributed by atoms with E-state index in [9.17, 15) is 9.59 Å². The maximum absolute atomic E-state index is 12.3. The van der Waals surface area contributed by atoms with Crippen molar-refractivity contribution in [3.8, 4) is 0 Å². The second-order valence-corrected chi connectivity index (χ2v) is 6.46. The molecule has 1 aliphatic rings. The van der Waals surface area contributed by atoms with Gasteiger partial charge >= 0.3 is 0 Å². The summed E-state index contributed by atoms with van der Waals surface area (Å²) in [4.78, 5) is 26.9. The number of carbonyl (C=O) groups excluding carboxylic acids is 2. The molecule has 1 N–H and O–H groups in total. The van der Waals surface area contributed by atoms with Crippen LogP contribution in [0.5, 0.6) is 0 Å². The van der Waals surface area contributed by atoms with E-state index in [-0.39, 0.29) is 36.4 Å². The summed E-state index contributed by atoms with van der Waals surface area (Å²) >= 11 is 1.69. The van der Waals surface area contributed by atoms with Crippen molar-refractivity contribution < 1.29 is 9.59 Å². The molecule has 0 bridgehead atoms. The monoisotopic (exact) mass is 294 g/mol. The highest BCUT2D eigenvalue weighted by Crippen LogP contribution is 2.26. The third-order valence-electron chi connectivity index (χ3n) is 3.57. The molecule has 110 valence electrons. The van der Waals surface area contributed by atoms with Crippen LogP contribution in [-0.4, -0.2) is 28.8 Å². The first-order valence-corrected chi connectivity index (χ1v) is 8.08. The van der Waals surface area contributed by atoms with Gasteiger partial charge in [0, 0.05) is 17.0 Å². The van der Waals surface area contributed by atoms with Crippen LogP contribution in [0.1, 0.15) is 51.0 Å². The third kappa shape index (κ3) is 3.10. The lowest BCUT2D eigenvalue weighted by Crippen LogP contribution is -2.42. The number of carbonyl (C=O) groups is 2. The number of nitrogens with zero attached hydrogens (tertiary/aromatic N) is 1. The zero-order valence-electron chi connectivity index (χ0n) is 12.3. The van der Waals surface area contributed by atoms with Crippen molar-refractivity contribution in [2.45, 2.75) is 58.2 Å². The van der Waals surface area contributed by atoms with E-state index in [1.165, 1.54) is 9.78 Å². The summed E-state index contributed by atoms with van der Waals surface area (Å²) in [6, 6.07) is 3.83. The minimum Gasteiger partial charge on any atom is -0.298 e. The molecule has 0 aromatic carbocycles. The second kappa shape index (κ2) is 6.50. The summed E-state index contributed by atoms with van der Waals surface area (Å²) in [5.41, 5.74) is 0. The van der Waals surface area contributed by atoms with Crippen LogP contribution in [0, 0.1) is 0 Å². The van der Waals surface area contributed by atoms with Crippen LogP contribution in [0.4, 0.5) is 0 Å². The predicted molar refractivity (Wildman–Crippen MR) is 80.5 cm³/mol. The van der Waals surface area contributed by atoms with Gasteiger partial charge in [0.2, 0.25) is 11.8 Å². The van der Waals surface area contributed by atoms with Gasteiger partial charge in [0.25, 0.3) is 0 Å². The Morgan fingerprint density at radius 2 is 2.20 bits per heavy atom. The number of amides is 2. The van der Waals surface area contributed by atoms with E-state index in [0.29, 0.717) is 0 Å². The number of imide groups is 1. The third-order valence-corrected chi connectivity index (χ3v) is 4.55. The minimum atomic E-state index is -0.372. The Kier molecular flexibility index (Phi) is 4.94. The molecular formula is C15H22N2O2S. The van der Waals surface area contributed by atoms with Crippen molar-refractivity contribution in [3.05, 3.63) is 22.4 Å². The molecule has 1 fully saturated rings. The van der Waals surface area contributed by atoms with Gasteiger partial charge in [-0.25, -0.2) is 0 Å². The van der Waals surface area contributed by atoms with Gasteiger partial charge in [-0.05, 0) is 31.7 Å². The summed E-state index contributed by atoms with van der Waals surface area (Å²) in [7, 11) is 0. The van der Waals surface area contributed by atoms with E-state index in [2.05, 4.69) is 18.3 Å². The Hall–Kier alpha value is -1.20. The molecule has 0 aliphatic carbocycles. The Labute approximate surface area is 124 Å². The maximum Gasteiger partial charge on any atom is 0.247 e. The second-order valence-electron chi connectivity index (χ2n) is 5.48. The van der Waals surface area contributed by atoms with Gasteiger partial charge in [0.1, 0.15) is 0 Å². The topological polar surface area (TPSA) is 49.4 Å². The summed E-state index contributed by atoms with van der Waals surface area (Å²) < 4.78 is 0. The number of rotatable bonds is 6. The van der Waals surface area contributed by atoms with Crippen LogP contribution in [0.25, 0.3) is 0 Å². The summed E-state index contributed by atoms with van der Waals surface area (Å²) in [5.74, 6) is -0.147. The van der Waals surface area contributed by atoms with Crippen LogP contribution in [0.3, 0.4) is 0 Å². The van der Waals surface area contributed by atoms with Gasteiger partial charge in [0.15, 0.2) is 0 Å². The van der Waals surface area contributed by atoms with E-state index >= 15 is 0 Å². The fraction of sp³-hybridized carbons (Fsp3) is 0.600. The molecule has 5 heteroatoms. The minimum absolute atomic E-state index is 0.0619. The fourth-order valence-corrected chi connectivity index (χ4v) is 3.47. The fourth-order valence-electron chi connectivity index (χ4n) is 2.65. The lowest BCUT2D eigenvalue weighted by Gasteiger charge is -2.22. The van der Waals surface area contributed by atoms with E-state index in [1.54, 1.807) is 11.3 Å². The van der Waals surface area contributed by atoms with Crippen LogP contribution in [0.2, 0.25) is 0 Å². The molecular weight excluding hydrogens is 272 g/mol. The Bertz CT molecular complexity index is 470. The van der Waals surface area contributed by atoms with Crippen LogP contribution in [0.15, 0.2) is 17.5 Å². The Morgan fingerprint density at radius 3 is 2.70 bits per heavy atom. The van der Waals surface area contributed by atoms with Crippen molar-refractivity contribution in [1.82, 2.24) is 10.2 Å². The van der Waals surface area contributed by atoms with E-state index in [4.69, 9.17) is 0 Å². The van der Waals surface area contributed by atoms with Gasteiger partial charge in [-0.1, -0.05) is 19.4 Å². The van der Waals surface area contributed by atoms with Gasteiger partial charge < -0.3 is 0 Å². The van der Waals surface area contributed by atoms with Crippen molar-refractivity contribution in [3.63, 3.8) is 0 Å². The molecule has 1 saturated heterocycles. The standard InChI is InChI=1S/C15H22N2O2S/c1-4-6-11(13-7-5-8-20-13)16-12-9-14(18)17(10(2)3)15(12)19/h5,7-8,10-12,16H,4,6,9H2,1-3H3. The van der Waals surface area contributed by atoms with Gasteiger partial charge in [-0.2, -0.15) is 0 Å². The van der Waals surface area contributed by atoms with E-state index in [0.717, 1.165) is 12.8 Å². The smallest absolute Gasteiger partial charge is 0.247 e.